The number of allylic oxidation sites excluding steroid dienone is 4. The number of carbonyl (C=O) groups excluding carboxylic acids is 2. The van der Waals surface area contributed by atoms with Crippen LogP contribution in [0.5, 0.6) is 0 Å². The van der Waals surface area contributed by atoms with Crippen molar-refractivity contribution in [3.05, 3.63) is 101 Å². The molecule has 0 unspecified atom stereocenters. The molecule has 10 nitrogen and oxygen atoms in total. The van der Waals surface area contributed by atoms with E-state index in [0.29, 0.717) is 56.5 Å². The lowest BCUT2D eigenvalue weighted by molar-refractivity contribution is -0.141. The lowest BCUT2D eigenvalue weighted by Gasteiger charge is -2.31. The minimum absolute atomic E-state index is 0.0702. The molecule has 0 radical (unpaired) electrons. The summed E-state index contributed by atoms with van der Waals surface area (Å²) in [6.07, 6.45) is 6.43. The maximum absolute atomic E-state index is 14.0. The number of nitrogens with one attached hydrogen (secondary N) is 1. The molecule has 2 aromatic heterocycles. The zero-order valence-electron chi connectivity index (χ0n) is 26.7. The molecule has 6 rings (SSSR count). The number of pyridine rings is 1. The number of ether oxygens (including phenoxy) is 1. The topological polar surface area (TPSA) is 104 Å². The number of carbonyl (C=O) groups is 2. The van der Waals surface area contributed by atoms with Gasteiger partial charge in [-0.15, -0.1) is 0 Å². The second-order valence-electron chi connectivity index (χ2n) is 12.0. The van der Waals surface area contributed by atoms with Gasteiger partial charge in [0.05, 0.1) is 11.9 Å². The average Bonchev–Trinajstić information content (AvgIpc) is 3.28. The number of aromatic nitrogens is 2. The van der Waals surface area contributed by atoms with E-state index in [1.54, 1.807) is 28.0 Å². The zero-order chi connectivity index (χ0) is 34.4. The van der Waals surface area contributed by atoms with Crippen LogP contribution >= 0.6 is 11.6 Å². The van der Waals surface area contributed by atoms with Gasteiger partial charge in [-0.2, -0.15) is 18.2 Å². The minimum atomic E-state index is -4.89. The zero-order valence-corrected chi connectivity index (χ0v) is 27.4. The molecule has 4 heterocycles. The van der Waals surface area contributed by atoms with Gasteiger partial charge in [0, 0.05) is 49.9 Å². The first kappa shape index (κ1) is 34.1. The van der Waals surface area contributed by atoms with Crippen molar-refractivity contribution < 1.29 is 31.9 Å². The average molecular weight is 697 g/mol. The minimum Gasteiger partial charge on any atom is -0.444 e. The lowest BCUT2D eigenvalue weighted by Crippen LogP contribution is -2.36. The van der Waals surface area contributed by atoms with Crippen molar-refractivity contribution in [3.8, 4) is 0 Å². The highest BCUT2D eigenvalue weighted by Gasteiger charge is 2.42. The Morgan fingerprint density at radius 3 is 2.47 bits per heavy atom. The van der Waals surface area contributed by atoms with E-state index in [-0.39, 0.29) is 24.2 Å². The number of piperidine rings is 1. The number of hydrogen-bond acceptors (Lipinski definition) is 8. The number of nitrogens with zero attached hydrogens (tertiary/aromatic N) is 5. The normalized spacial score (nSPS) is 17.6. The third kappa shape index (κ3) is 8.45. The highest BCUT2D eigenvalue weighted by molar-refractivity contribution is 6.31. The van der Waals surface area contributed by atoms with Crippen molar-refractivity contribution in [3.63, 3.8) is 0 Å². The summed E-state index contributed by atoms with van der Waals surface area (Å²) in [5, 5.41) is 3.00. The van der Waals surface area contributed by atoms with Crippen LogP contribution in [0.3, 0.4) is 0 Å². The Labute approximate surface area is 286 Å². The Kier molecular flexibility index (Phi) is 10.6. The van der Waals surface area contributed by atoms with Crippen LogP contribution in [-0.2, 0) is 10.9 Å². The summed E-state index contributed by atoms with van der Waals surface area (Å²) in [5.41, 5.74) is 0.738. The van der Waals surface area contributed by atoms with Crippen LogP contribution in [0.15, 0.2) is 88.0 Å². The molecule has 0 bridgehead atoms. The molecule has 14 heteroatoms. The summed E-state index contributed by atoms with van der Waals surface area (Å²) in [6, 6.07) is 13.0. The Morgan fingerprint density at radius 2 is 1.73 bits per heavy atom. The predicted octanol–water partition coefficient (Wildman–Crippen LogP) is 7.38. The third-order valence-electron chi connectivity index (χ3n) is 8.72. The van der Waals surface area contributed by atoms with Crippen LogP contribution in [0.1, 0.15) is 53.4 Å². The fourth-order valence-corrected chi connectivity index (χ4v) is 6.28. The summed E-state index contributed by atoms with van der Waals surface area (Å²) in [6.45, 7) is 2.96. The van der Waals surface area contributed by atoms with Crippen LogP contribution in [-0.4, -0.2) is 72.7 Å². The summed E-state index contributed by atoms with van der Waals surface area (Å²) in [5.74, 6) is -1.10. The highest BCUT2D eigenvalue weighted by Crippen LogP contribution is 2.36. The van der Waals surface area contributed by atoms with Gasteiger partial charge in [-0.05, 0) is 55.4 Å². The molecular weight excluding hydrogens is 661 g/mol. The van der Waals surface area contributed by atoms with Gasteiger partial charge in [0.1, 0.15) is 12.4 Å². The predicted molar refractivity (Wildman–Crippen MR) is 180 cm³/mol. The van der Waals surface area contributed by atoms with Gasteiger partial charge in [-0.1, -0.05) is 60.2 Å². The van der Waals surface area contributed by atoms with Crippen molar-refractivity contribution in [1.82, 2.24) is 14.9 Å². The van der Waals surface area contributed by atoms with Gasteiger partial charge in [-0.25, -0.2) is 9.78 Å². The molecule has 1 aromatic carbocycles. The molecule has 2 aliphatic heterocycles. The van der Waals surface area contributed by atoms with Gasteiger partial charge in [0.25, 0.3) is 11.9 Å². The lowest BCUT2D eigenvalue weighted by atomic mass is 9.90. The summed E-state index contributed by atoms with van der Waals surface area (Å²) in [4.78, 5) is 39.2. The monoisotopic (exact) mass is 696 g/mol. The van der Waals surface area contributed by atoms with Gasteiger partial charge < -0.3 is 29.2 Å². The van der Waals surface area contributed by atoms with Crippen LogP contribution < -0.4 is 15.1 Å². The SMILES string of the molecule is O=C(Nc1ccc(N2CCCN(C(=O)OCC3=C(Cl)C=CCC=C3)CC2)nc1)c1oc(N2CCC(c3ccccc3)CC2)nc1C(F)(F)F. The van der Waals surface area contributed by atoms with E-state index in [9.17, 15) is 22.8 Å². The largest absolute Gasteiger partial charge is 0.444 e. The second-order valence-corrected chi connectivity index (χ2v) is 12.4. The Hall–Kier alpha value is -4.78. The van der Waals surface area contributed by atoms with E-state index in [4.69, 9.17) is 20.8 Å². The number of halogens is 4. The van der Waals surface area contributed by atoms with Crippen LogP contribution in [0.2, 0.25) is 0 Å². The summed E-state index contributed by atoms with van der Waals surface area (Å²) >= 11 is 6.26. The van der Waals surface area contributed by atoms with Gasteiger partial charge in [0.15, 0.2) is 5.69 Å². The van der Waals surface area contributed by atoms with E-state index < -0.39 is 29.6 Å². The first-order chi connectivity index (χ1) is 23.7. The molecule has 1 aliphatic carbocycles. The van der Waals surface area contributed by atoms with E-state index in [2.05, 4.69) is 15.3 Å². The molecule has 0 atom stereocenters. The Bertz CT molecular complexity index is 1720. The fraction of sp³-hybridized carbons (Fsp3) is 0.371. The number of hydrogen-bond donors (Lipinski definition) is 1. The van der Waals surface area contributed by atoms with Crippen LogP contribution in [0.4, 0.5) is 35.5 Å². The van der Waals surface area contributed by atoms with Gasteiger partial charge in [0.2, 0.25) is 5.76 Å². The Morgan fingerprint density at radius 1 is 0.959 bits per heavy atom. The number of benzene rings is 1. The number of oxazole rings is 1. The van der Waals surface area contributed by atoms with Crippen molar-refractivity contribution in [1.29, 1.82) is 0 Å². The molecule has 2 amide bonds. The molecular formula is C35H36ClF3N6O4. The molecule has 2 saturated heterocycles. The summed E-state index contributed by atoms with van der Waals surface area (Å²) < 4.78 is 52.9. The van der Waals surface area contributed by atoms with E-state index in [1.807, 2.05) is 53.5 Å². The fourth-order valence-electron chi connectivity index (χ4n) is 6.08. The number of rotatable bonds is 7. The Balaban J connectivity index is 1.04. The number of amides is 2. The van der Waals surface area contributed by atoms with Crippen molar-refractivity contribution in [2.45, 2.75) is 37.8 Å². The third-order valence-corrected chi connectivity index (χ3v) is 9.09. The highest BCUT2D eigenvalue weighted by atomic mass is 35.5. The molecule has 258 valence electrons. The standard InChI is InChI=1S/C35H36ClF3N6O4/c36-28-11-6-2-5-10-26(28)23-48-34(47)45-17-7-16-43(20-21-45)29-13-12-27(22-40-29)41-32(46)30-31(35(37,38)39)42-33(49-30)44-18-14-25(15-19-44)24-8-3-1-4-9-24/h1,3-6,8-13,22,25H,2,7,14-21,23H2,(H,41,46). The maximum atomic E-state index is 14.0. The van der Waals surface area contributed by atoms with Crippen molar-refractivity contribution >= 4 is 41.1 Å². The molecule has 0 spiro atoms. The molecule has 49 heavy (non-hydrogen) atoms. The van der Waals surface area contributed by atoms with E-state index >= 15 is 0 Å². The molecule has 0 saturated carbocycles. The molecule has 3 aliphatic rings. The molecule has 2 fully saturated rings. The second kappa shape index (κ2) is 15.2. The molecule has 3 aromatic rings. The summed E-state index contributed by atoms with van der Waals surface area (Å²) in [7, 11) is 0. The van der Waals surface area contributed by atoms with Gasteiger partial charge >= 0.3 is 12.3 Å². The quantitative estimate of drug-likeness (QED) is 0.273. The first-order valence-electron chi connectivity index (χ1n) is 16.2. The number of anilines is 3. The molecule has 1 N–H and O–H groups in total. The van der Waals surface area contributed by atoms with Crippen LogP contribution in [0.25, 0.3) is 0 Å². The van der Waals surface area contributed by atoms with E-state index in [1.165, 1.54) is 11.8 Å². The van der Waals surface area contributed by atoms with Gasteiger partial charge in [-0.3, -0.25) is 4.79 Å². The smallest absolute Gasteiger partial charge is 0.437 e. The first-order valence-corrected chi connectivity index (χ1v) is 16.6. The maximum Gasteiger partial charge on any atom is 0.437 e. The van der Waals surface area contributed by atoms with E-state index in [0.717, 1.165) is 24.8 Å². The van der Waals surface area contributed by atoms with Crippen LogP contribution in [0, 0.1) is 0 Å². The number of alkyl halides is 3. The van der Waals surface area contributed by atoms with Crippen molar-refractivity contribution in [2.24, 2.45) is 0 Å². The van der Waals surface area contributed by atoms with Crippen molar-refractivity contribution in [2.75, 3.05) is 61.0 Å².